The van der Waals surface area contributed by atoms with Crippen LogP contribution < -0.4 is 5.32 Å². The lowest BCUT2D eigenvalue weighted by Gasteiger charge is -2.28. The SMILES string of the molecule is CC1(C)CCN(C(=O)[C@@H]2CNCCO2)C1.Cl. The second-order valence-electron chi connectivity index (χ2n) is 5.24. The van der Waals surface area contributed by atoms with Crippen LogP contribution in [0, 0.1) is 5.41 Å². The average Bonchev–Trinajstić information content (AvgIpc) is 2.59. The zero-order chi connectivity index (χ0) is 10.9. The molecular formula is C11H21ClN2O2. The fourth-order valence-corrected chi connectivity index (χ4v) is 2.23. The molecule has 0 aliphatic carbocycles. The first-order chi connectivity index (χ1) is 7.08. The van der Waals surface area contributed by atoms with Gasteiger partial charge in [0.15, 0.2) is 0 Å². The molecule has 0 spiro atoms. The third-order valence-electron chi connectivity index (χ3n) is 3.19. The Hall–Kier alpha value is -0.320. The molecule has 0 radical (unpaired) electrons. The summed E-state index contributed by atoms with van der Waals surface area (Å²) in [7, 11) is 0. The van der Waals surface area contributed by atoms with Crippen molar-refractivity contribution in [3.8, 4) is 0 Å². The highest BCUT2D eigenvalue weighted by atomic mass is 35.5. The van der Waals surface area contributed by atoms with Crippen molar-refractivity contribution in [2.45, 2.75) is 26.4 Å². The second-order valence-corrected chi connectivity index (χ2v) is 5.24. The highest BCUT2D eigenvalue weighted by molar-refractivity contribution is 5.85. The lowest BCUT2D eigenvalue weighted by molar-refractivity contribution is -0.144. The number of hydrogen-bond acceptors (Lipinski definition) is 3. The fraction of sp³-hybridized carbons (Fsp3) is 0.909. The first kappa shape index (κ1) is 13.7. The molecule has 2 fully saturated rings. The molecular weight excluding hydrogens is 228 g/mol. The van der Waals surface area contributed by atoms with E-state index in [0.29, 0.717) is 13.2 Å². The van der Waals surface area contributed by atoms with Crippen molar-refractivity contribution < 1.29 is 9.53 Å². The molecule has 2 aliphatic rings. The Morgan fingerprint density at radius 3 is 2.75 bits per heavy atom. The first-order valence-corrected chi connectivity index (χ1v) is 5.70. The minimum atomic E-state index is -0.257. The summed E-state index contributed by atoms with van der Waals surface area (Å²) in [6.07, 6.45) is 0.839. The van der Waals surface area contributed by atoms with Gasteiger partial charge in [-0.2, -0.15) is 0 Å². The van der Waals surface area contributed by atoms with E-state index in [1.807, 2.05) is 4.90 Å². The molecule has 16 heavy (non-hydrogen) atoms. The molecule has 0 aromatic carbocycles. The van der Waals surface area contributed by atoms with E-state index in [4.69, 9.17) is 4.74 Å². The standard InChI is InChI=1S/C11H20N2O2.ClH/c1-11(2)3-5-13(8-11)10(14)9-7-12-4-6-15-9;/h9,12H,3-8H2,1-2H3;1H/t9-;/m0./s1. The average molecular weight is 249 g/mol. The number of hydrogen-bond donors (Lipinski definition) is 1. The van der Waals surface area contributed by atoms with Crippen LogP contribution in [-0.2, 0) is 9.53 Å². The number of amides is 1. The number of halogens is 1. The fourth-order valence-electron chi connectivity index (χ4n) is 2.23. The van der Waals surface area contributed by atoms with Gasteiger partial charge in [0.25, 0.3) is 5.91 Å². The van der Waals surface area contributed by atoms with Crippen molar-refractivity contribution in [3.63, 3.8) is 0 Å². The van der Waals surface area contributed by atoms with Crippen LogP contribution in [0.1, 0.15) is 20.3 Å². The van der Waals surface area contributed by atoms with Gasteiger partial charge in [-0.25, -0.2) is 0 Å². The minimum absolute atomic E-state index is 0. The van der Waals surface area contributed by atoms with Crippen LogP contribution in [0.25, 0.3) is 0 Å². The van der Waals surface area contributed by atoms with Gasteiger partial charge in [-0.15, -0.1) is 12.4 Å². The predicted octanol–water partition coefficient (Wildman–Crippen LogP) is 0.655. The number of nitrogens with one attached hydrogen (secondary N) is 1. The van der Waals surface area contributed by atoms with Gasteiger partial charge in [0, 0.05) is 26.2 Å². The van der Waals surface area contributed by atoms with Gasteiger partial charge >= 0.3 is 0 Å². The van der Waals surface area contributed by atoms with E-state index in [1.54, 1.807) is 0 Å². The summed E-state index contributed by atoms with van der Waals surface area (Å²) in [5, 5.41) is 3.19. The summed E-state index contributed by atoms with van der Waals surface area (Å²) in [6.45, 7) is 8.33. The Morgan fingerprint density at radius 2 is 2.25 bits per heavy atom. The van der Waals surface area contributed by atoms with E-state index in [1.165, 1.54) is 0 Å². The number of rotatable bonds is 1. The highest BCUT2D eigenvalue weighted by Crippen LogP contribution is 2.29. The van der Waals surface area contributed by atoms with E-state index in [2.05, 4.69) is 19.2 Å². The molecule has 1 amide bonds. The van der Waals surface area contributed by atoms with Gasteiger partial charge in [0.1, 0.15) is 6.10 Å². The summed E-state index contributed by atoms with van der Waals surface area (Å²) in [4.78, 5) is 14.0. The van der Waals surface area contributed by atoms with Crippen LogP contribution in [-0.4, -0.2) is 49.7 Å². The largest absolute Gasteiger partial charge is 0.366 e. The Bertz CT molecular complexity index is 252. The number of carbonyl (C=O) groups excluding carboxylic acids is 1. The van der Waals surface area contributed by atoms with Gasteiger partial charge in [0.2, 0.25) is 0 Å². The van der Waals surface area contributed by atoms with Gasteiger partial charge in [-0.05, 0) is 11.8 Å². The van der Waals surface area contributed by atoms with Gasteiger partial charge in [-0.1, -0.05) is 13.8 Å². The maximum atomic E-state index is 12.0. The zero-order valence-corrected chi connectivity index (χ0v) is 10.8. The van der Waals surface area contributed by atoms with E-state index in [0.717, 1.165) is 26.1 Å². The lowest BCUT2D eigenvalue weighted by atomic mass is 9.93. The molecule has 2 rings (SSSR count). The Balaban J connectivity index is 0.00000128. The van der Waals surface area contributed by atoms with E-state index in [-0.39, 0.29) is 29.8 Å². The van der Waals surface area contributed by atoms with Crippen molar-refractivity contribution in [3.05, 3.63) is 0 Å². The van der Waals surface area contributed by atoms with Crippen molar-refractivity contribution >= 4 is 18.3 Å². The maximum Gasteiger partial charge on any atom is 0.253 e. The van der Waals surface area contributed by atoms with Gasteiger partial charge in [0.05, 0.1) is 6.61 Å². The van der Waals surface area contributed by atoms with Gasteiger partial charge in [-0.3, -0.25) is 4.79 Å². The van der Waals surface area contributed by atoms with Crippen LogP contribution in [0.4, 0.5) is 0 Å². The number of nitrogens with zero attached hydrogens (tertiary/aromatic N) is 1. The smallest absolute Gasteiger partial charge is 0.253 e. The number of carbonyl (C=O) groups is 1. The Labute approximate surface area is 103 Å². The van der Waals surface area contributed by atoms with Crippen LogP contribution in [0.3, 0.4) is 0 Å². The molecule has 2 aliphatic heterocycles. The molecule has 0 saturated carbocycles. The molecule has 0 bridgehead atoms. The first-order valence-electron chi connectivity index (χ1n) is 5.70. The third kappa shape index (κ3) is 3.09. The Kier molecular flexibility index (Phi) is 4.59. The topological polar surface area (TPSA) is 41.6 Å². The van der Waals surface area contributed by atoms with E-state index in [9.17, 15) is 4.79 Å². The molecule has 0 aromatic heterocycles. The van der Waals surface area contributed by atoms with Crippen molar-refractivity contribution in [1.29, 1.82) is 0 Å². The predicted molar refractivity (Wildman–Crippen MR) is 64.8 cm³/mol. The minimum Gasteiger partial charge on any atom is -0.366 e. The van der Waals surface area contributed by atoms with Gasteiger partial charge < -0.3 is 15.0 Å². The third-order valence-corrected chi connectivity index (χ3v) is 3.19. The summed E-state index contributed by atoms with van der Waals surface area (Å²) in [5.74, 6) is 0.160. The molecule has 94 valence electrons. The Morgan fingerprint density at radius 1 is 1.50 bits per heavy atom. The summed E-state index contributed by atoms with van der Waals surface area (Å²) in [6, 6.07) is 0. The number of ether oxygens (including phenoxy) is 1. The van der Waals surface area contributed by atoms with Crippen LogP contribution in [0.15, 0.2) is 0 Å². The molecule has 2 heterocycles. The van der Waals surface area contributed by atoms with Crippen LogP contribution >= 0.6 is 12.4 Å². The van der Waals surface area contributed by atoms with Crippen molar-refractivity contribution in [2.75, 3.05) is 32.8 Å². The summed E-state index contributed by atoms with van der Waals surface area (Å²) in [5.41, 5.74) is 0.276. The number of morpholine rings is 1. The molecule has 2 saturated heterocycles. The highest BCUT2D eigenvalue weighted by Gasteiger charge is 2.35. The second kappa shape index (κ2) is 5.34. The zero-order valence-electron chi connectivity index (χ0n) is 9.99. The summed E-state index contributed by atoms with van der Waals surface area (Å²) >= 11 is 0. The monoisotopic (exact) mass is 248 g/mol. The normalized spacial score (nSPS) is 28.6. The molecule has 1 N–H and O–H groups in total. The van der Waals surface area contributed by atoms with Crippen LogP contribution in [0.2, 0.25) is 0 Å². The molecule has 4 nitrogen and oxygen atoms in total. The molecule has 1 atom stereocenters. The van der Waals surface area contributed by atoms with E-state index < -0.39 is 0 Å². The number of likely N-dealkylation sites (tertiary alicyclic amines) is 1. The van der Waals surface area contributed by atoms with Crippen LogP contribution in [0.5, 0.6) is 0 Å². The van der Waals surface area contributed by atoms with Crippen molar-refractivity contribution in [1.82, 2.24) is 10.2 Å². The molecule has 5 heteroatoms. The maximum absolute atomic E-state index is 12.0. The molecule has 0 aromatic rings. The lowest BCUT2D eigenvalue weighted by Crippen LogP contribution is -2.49. The summed E-state index contributed by atoms with van der Waals surface area (Å²) < 4.78 is 5.47. The van der Waals surface area contributed by atoms with E-state index >= 15 is 0 Å². The van der Waals surface area contributed by atoms with Crippen molar-refractivity contribution in [2.24, 2.45) is 5.41 Å². The molecule has 0 unspecified atom stereocenters. The quantitative estimate of drug-likeness (QED) is 0.741.